The average Bonchev–Trinajstić information content (AvgIpc) is 2.07. The fourth-order valence-electron chi connectivity index (χ4n) is 1.15. The van der Waals surface area contributed by atoms with Crippen LogP contribution in [0.3, 0.4) is 0 Å². The van der Waals surface area contributed by atoms with Crippen LogP contribution in [0.15, 0.2) is 24.3 Å². The van der Waals surface area contributed by atoms with E-state index in [1.165, 1.54) is 0 Å². The van der Waals surface area contributed by atoms with E-state index in [0.717, 1.165) is 11.4 Å². The maximum absolute atomic E-state index is 11.1. The van der Waals surface area contributed by atoms with Crippen molar-refractivity contribution in [1.29, 1.82) is 0 Å². The monoisotopic (exact) mass is 163 g/mol. The predicted octanol–water partition coefficient (Wildman–Crippen LogP) is 1.41. The van der Waals surface area contributed by atoms with Gasteiger partial charge in [0.05, 0.1) is 5.69 Å². The van der Waals surface area contributed by atoms with E-state index in [1.807, 2.05) is 24.3 Å². The standard InChI is InChI=1S/C9H9NO2/c1-6-9(11)10-7-4-2-3-5-8(7)12-6/h2-6H,1H3,(H,10,11)/t6-/m0/s1. The summed E-state index contributed by atoms with van der Waals surface area (Å²) in [5, 5.41) is 2.75. The topological polar surface area (TPSA) is 38.3 Å². The second-order valence-corrected chi connectivity index (χ2v) is 2.75. The summed E-state index contributed by atoms with van der Waals surface area (Å²) in [4.78, 5) is 11.1. The van der Waals surface area contributed by atoms with Gasteiger partial charge in [-0.3, -0.25) is 4.79 Å². The fraction of sp³-hybridized carbons (Fsp3) is 0.222. The Balaban J connectivity index is 2.40. The smallest absolute Gasteiger partial charge is 0.265 e. The van der Waals surface area contributed by atoms with Crippen LogP contribution in [0.4, 0.5) is 5.69 Å². The molecule has 3 heteroatoms. The van der Waals surface area contributed by atoms with Gasteiger partial charge in [0.2, 0.25) is 0 Å². The van der Waals surface area contributed by atoms with E-state index in [4.69, 9.17) is 4.74 Å². The van der Waals surface area contributed by atoms with Gasteiger partial charge in [0.15, 0.2) is 6.10 Å². The summed E-state index contributed by atoms with van der Waals surface area (Å²) >= 11 is 0. The highest BCUT2D eigenvalue weighted by Crippen LogP contribution is 2.28. The van der Waals surface area contributed by atoms with Crippen LogP contribution in [0.5, 0.6) is 5.75 Å². The van der Waals surface area contributed by atoms with Crippen molar-refractivity contribution >= 4 is 11.6 Å². The van der Waals surface area contributed by atoms with E-state index < -0.39 is 0 Å². The number of anilines is 1. The van der Waals surface area contributed by atoms with Crippen LogP contribution in [0.1, 0.15) is 6.92 Å². The summed E-state index contributed by atoms with van der Waals surface area (Å²) in [5.41, 5.74) is 0.751. The summed E-state index contributed by atoms with van der Waals surface area (Å²) in [7, 11) is 0. The largest absolute Gasteiger partial charge is 0.479 e. The maximum atomic E-state index is 11.1. The highest BCUT2D eigenvalue weighted by Gasteiger charge is 2.22. The highest BCUT2D eigenvalue weighted by molar-refractivity contribution is 5.97. The van der Waals surface area contributed by atoms with Gasteiger partial charge in [0.1, 0.15) is 5.75 Å². The Morgan fingerprint density at radius 2 is 2.17 bits per heavy atom. The summed E-state index contributed by atoms with van der Waals surface area (Å²) in [6.07, 6.45) is -0.389. The van der Waals surface area contributed by atoms with Gasteiger partial charge in [0, 0.05) is 0 Å². The first-order valence-corrected chi connectivity index (χ1v) is 3.84. The molecule has 1 aliphatic rings. The number of hydrogen-bond acceptors (Lipinski definition) is 2. The average molecular weight is 163 g/mol. The molecule has 0 saturated carbocycles. The number of rotatable bonds is 0. The molecule has 1 aliphatic heterocycles. The van der Waals surface area contributed by atoms with Gasteiger partial charge in [-0.05, 0) is 19.1 Å². The lowest BCUT2D eigenvalue weighted by Crippen LogP contribution is -2.34. The Morgan fingerprint density at radius 1 is 1.42 bits per heavy atom. The first-order chi connectivity index (χ1) is 5.77. The molecule has 1 atom stereocenters. The van der Waals surface area contributed by atoms with Crippen LogP contribution in [-0.2, 0) is 4.79 Å². The minimum absolute atomic E-state index is 0.0892. The van der Waals surface area contributed by atoms with Crippen molar-refractivity contribution in [3.8, 4) is 5.75 Å². The van der Waals surface area contributed by atoms with E-state index >= 15 is 0 Å². The van der Waals surface area contributed by atoms with E-state index in [-0.39, 0.29) is 12.0 Å². The molecule has 0 spiro atoms. The first-order valence-electron chi connectivity index (χ1n) is 3.84. The third-order valence-electron chi connectivity index (χ3n) is 1.82. The number of ether oxygens (including phenoxy) is 1. The van der Waals surface area contributed by atoms with Gasteiger partial charge in [-0.25, -0.2) is 0 Å². The molecule has 0 bridgehead atoms. The number of amides is 1. The van der Waals surface area contributed by atoms with Gasteiger partial charge in [-0.1, -0.05) is 12.1 Å². The van der Waals surface area contributed by atoms with Crippen LogP contribution < -0.4 is 10.1 Å². The van der Waals surface area contributed by atoms with E-state index in [9.17, 15) is 4.79 Å². The van der Waals surface area contributed by atoms with Crippen LogP contribution >= 0.6 is 0 Å². The van der Waals surface area contributed by atoms with Crippen molar-refractivity contribution in [2.75, 3.05) is 5.32 Å². The number of carbonyl (C=O) groups excluding carboxylic acids is 1. The van der Waals surface area contributed by atoms with Crippen molar-refractivity contribution in [3.05, 3.63) is 24.3 Å². The summed E-state index contributed by atoms with van der Waals surface area (Å²) < 4.78 is 5.33. The summed E-state index contributed by atoms with van der Waals surface area (Å²) in [6, 6.07) is 7.39. The van der Waals surface area contributed by atoms with Crippen LogP contribution in [0.2, 0.25) is 0 Å². The summed E-state index contributed by atoms with van der Waals surface area (Å²) in [5.74, 6) is 0.651. The molecule has 1 amide bonds. The van der Waals surface area contributed by atoms with E-state index in [0.29, 0.717) is 0 Å². The molecule has 0 fully saturated rings. The van der Waals surface area contributed by atoms with Gasteiger partial charge < -0.3 is 10.1 Å². The Labute approximate surface area is 70.3 Å². The lowest BCUT2D eigenvalue weighted by molar-refractivity contribution is -0.122. The molecule has 12 heavy (non-hydrogen) atoms. The fourth-order valence-corrected chi connectivity index (χ4v) is 1.15. The lowest BCUT2D eigenvalue weighted by atomic mass is 10.2. The van der Waals surface area contributed by atoms with Gasteiger partial charge in [-0.15, -0.1) is 0 Å². The number of nitrogens with one attached hydrogen (secondary N) is 1. The van der Waals surface area contributed by atoms with Gasteiger partial charge >= 0.3 is 0 Å². The predicted molar refractivity (Wildman–Crippen MR) is 45.2 cm³/mol. The van der Waals surface area contributed by atoms with Crippen molar-refractivity contribution in [3.63, 3.8) is 0 Å². The Hall–Kier alpha value is -1.51. The molecule has 1 aromatic carbocycles. The van der Waals surface area contributed by atoms with Crippen molar-refractivity contribution in [2.45, 2.75) is 13.0 Å². The van der Waals surface area contributed by atoms with Gasteiger partial charge in [-0.2, -0.15) is 0 Å². The van der Waals surface area contributed by atoms with E-state index in [2.05, 4.69) is 5.32 Å². The summed E-state index contributed by atoms with van der Waals surface area (Å²) in [6.45, 7) is 1.73. The molecule has 0 radical (unpaired) electrons. The van der Waals surface area contributed by atoms with Crippen molar-refractivity contribution < 1.29 is 9.53 Å². The number of para-hydroxylation sites is 2. The molecule has 1 aromatic rings. The van der Waals surface area contributed by atoms with Crippen LogP contribution in [0.25, 0.3) is 0 Å². The molecule has 3 nitrogen and oxygen atoms in total. The Bertz CT molecular complexity index is 322. The lowest BCUT2D eigenvalue weighted by Gasteiger charge is -2.22. The van der Waals surface area contributed by atoms with E-state index in [1.54, 1.807) is 6.92 Å². The zero-order valence-electron chi connectivity index (χ0n) is 6.70. The molecule has 62 valence electrons. The van der Waals surface area contributed by atoms with Crippen molar-refractivity contribution in [1.82, 2.24) is 0 Å². The minimum Gasteiger partial charge on any atom is -0.479 e. The third-order valence-corrected chi connectivity index (χ3v) is 1.82. The normalized spacial score (nSPS) is 20.8. The maximum Gasteiger partial charge on any atom is 0.265 e. The Morgan fingerprint density at radius 3 is 3.00 bits per heavy atom. The Kier molecular flexibility index (Phi) is 1.50. The zero-order valence-corrected chi connectivity index (χ0v) is 6.70. The molecule has 0 saturated heterocycles. The number of carbonyl (C=O) groups is 1. The third kappa shape index (κ3) is 1.03. The molecule has 2 rings (SSSR count). The molecular formula is C9H9NO2. The zero-order chi connectivity index (χ0) is 8.55. The van der Waals surface area contributed by atoms with Gasteiger partial charge in [0.25, 0.3) is 5.91 Å². The number of hydrogen-bond donors (Lipinski definition) is 1. The quantitative estimate of drug-likeness (QED) is 0.628. The SMILES string of the molecule is C[C@@H]1Oc2ccccc2NC1=O. The number of fused-ring (bicyclic) bond motifs is 1. The molecule has 0 aliphatic carbocycles. The van der Waals surface area contributed by atoms with Crippen LogP contribution in [0, 0.1) is 0 Å². The highest BCUT2D eigenvalue weighted by atomic mass is 16.5. The second-order valence-electron chi connectivity index (χ2n) is 2.75. The molecule has 1 heterocycles. The van der Waals surface area contributed by atoms with Crippen molar-refractivity contribution in [2.24, 2.45) is 0 Å². The first kappa shape index (κ1) is 7.16. The number of benzene rings is 1. The molecule has 0 aromatic heterocycles. The second kappa shape index (κ2) is 2.52. The molecule has 0 unspecified atom stereocenters. The molecule has 1 N–H and O–H groups in total. The molecular weight excluding hydrogens is 154 g/mol. The minimum atomic E-state index is -0.389. The van der Waals surface area contributed by atoms with Crippen LogP contribution in [-0.4, -0.2) is 12.0 Å².